The van der Waals surface area contributed by atoms with Crippen molar-refractivity contribution in [2.45, 2.75) is 6.92 Å². The van der Waals surface area contributed by atoms with Gasteiger partial charge in [0.2, 0.25) is 5.88 Å². The molecule has 0 radical (unpaired) electrons. The molecule has 0 atom stereocenters. The summed E-state index contributed by atoms with van der Waals surface area (Å²) in [6.07, 6.45) is 1.49. The maximum absolute atomic E-state index is 5.70. The van der Waals surface area contributed by atoms with Crippen molar-refractivity contribution in [2.75, 3.05) is 11.9 Å². The fraction of sp³-hybridized carbons (Fsp3) is 0.167. The van der Waals surface area contributed by atoms with E-state index >= 15 is 0 Å². The van der Waals surface area contributed by atoms with Crippen molar-refractivity contribution in [1.29, 1.82) is 0 Å². The van der Waals surface area contributed by atoms with Crippen LogP contribution in [0, 0.1) is 3.57 Å². The molecule has 17 heavy (non-hydrogen) atoms. The van der Waals surface area contributed by atoms with Gasteiger partial charge in [0.15, 0.2) is 0 Å². The lowest BCUT2D eigenvalue weighted by atomic mass is 10.3. The van der Waals surface area contributed by atoms with Crippen LogP contribution < -0.4 is 10.1 Å². The normalized spacial score (nSPS) is 10.0. The average molecular weight is 341 g/mol. The Kier molecular flexibility index (Phi) is 4.13. The van der Waals surface area contributed by atoms with Crippen LogP contribution in [0.3, 0.4) is 0 Å². The van der Waals surface area contributed by atoms with Crippen LogP contribution in [0.1, 0.15) is 6.92 Å². The Morgan fingerprint density at radius 3 is 2.88 bits per heavy atom. The number of benzene rings is 1. The number of hydrogen-bond donors (Lipinski definition) is 1. The topological polar surface area (TPSA) is 47.0 Å². The summed E-state index contributed by atoms with van der Waals surface area (Å²) < 4.78 is 6.75. The number of ether oxygens (including phenoxy) is 1. The lowest BCUT2D eigenvalue weighted by Crippen LogP contribution is -2.00. The maximum atomic E-state index is 5.70. The summed E-state index contributed by atoms with van der Waals surface area (Å²) in [5.41, 5.74) is 0. The van der Waals surface area contributed by atoms with E-state index in [1.165, 1.54) is 6.33 Å². The highest BCUT2D eigenvalue weighted by atomic mass is 127. The van der Waals surface area contributed by atoms with E-state index in [1.807, 2.05) is 31.2 Å². The van der Waals surface area contributed by atoms with E-state index < -0.39 is 0 Å². The van der Waals surface area contributed by atoms with Crippen LogP contribution in [0.4, 0.5) is 5.82 Å². The van der Waals surface area contributed by atoms with Gasteiger partial charge in [-0.25, -0.2) is 9.97 Å². The lowest BCUT2D eigenvalue weighted by molar-refractivity contribution is 0.458. The summed E-state index contributed by atoms with van der Waals surface area (Å²) >= 11 is 2.23. The van der Waals surface area contributed by atoms with Crippen molar-refractivity contribution in [3.05, 3.63) is 40.2 Å². The molecule has 0 saturated carbocycles. The first-order valence-electron chi connectivity index (χ1n) is 5.28. The highest BCUT2D eigenvalue weighted by molar-refractivity contribution is 14.1. The van der Waals surface area contributed by atoms with Crippen LogP contribution in [0.2, 0.25) is 0 Å². The van der Waals surface area contributed by atoms with Gasteiger partial charge < -0.3 is 10.1 Å². The van der Waals surface area contributed by atoms with Gasteiger partial charge in [-0.05, 0) is 41.6 Å². The quantitative estimate of drug-likeness (QED) is 0.867. The zero-order valence-electron chi connectivity index (χ0n) is 9.35. The number of rotatable bonds is 4. The molecule has 88 valence electrons. The number of halogens is 1. The second-order valence-corrected chi connectivity index (χ2v) is 4.47. The van der Waals surface area contributed by atoms with Crippen LogP contribution in [0.15, 0.2) is 36.7 Å². The third-order valence-electron chi connectivity index (χ3n) is 2.05. The van der Waals surface area contributed by atoms with Gasteiger partial charge >= 0.3 is 0 Å². The van der Waals surface area contributed by atoms with Crippen molar-refractivity contribution in [3.8, 4) is 11.6 Å². The largest absolute Gasteiger partial charge is 0.438 e. The van der Waals surface area contributed by atoms with Gasteiger partial charge in [-0.2, -0.15) is 0 Å². The Morgan fingerprint density at radius 1 is 1.29 bits per heavy atom. The second kappa shape index (κ2) is 5.81. The van der Waals surface area contributed by atoms with E-state index in [2.05, 4.69) is 37.9 Å². The summed E-state index contributed by atoms with van der Waals surface area (Å²) in [5.74, 6) is 2.11. The summed E-state index contributed by atoms with van der Waals surface area (Å²) in [7, 11) is 0. The van der Waals surface area contributed by atoms with Crippen LogP contribution in [-0.2, 0) is 0 Å². The minimum atomic E-state index is 0.542. The van der Waals surface area contributed by atoms with Crippen molar-refractivity contribution in [1.82, 2.24) is 9.97 Å². The maximum Gasteiger partial charge on any atom is 0.224 e. The fourth-order valence-corrected chi connectivity index (χ4v) is 1.81. The molecule has 0 aliphatic rings. The molecule has 0 fully saturated rings. The summed E-state index contributed by atoms with van der Waals surface area (Å²) in [5, 5.41) is 3.12. The van der Waals surface area contributed by atoms with Gasteiger partial charge in [0.05, 0.1) is 3.57 Å². The number of nitrogens with one attached hydrogen (secondary N) is 1. The molecule has 1 N–H and O–H groups in total. The monoisotopic (exact) mass is 341 g/mol. The van der Waals surface area contributed by atoms with Gasteiger partial charge in [0.25, 0.3) is 0 Å². The molecular formula is C12H12IN3O. The van der Waals surface area contributed by atoms with Gasteiger partial charge in [0, 0.05) is 12.6 Å². The van der Waals surface area contributed by atoms with E-state index in [1.54, 1.807) is 6.07 Å². The minimum Gasteiger partial charge on any atom is -0.438 e. The van der Waals surface area contributed by atoms with Crippen molar-refractivity contribution in [2.24, 2.45) is 0 Å². The zero-order chi connectivity index (χ0) is 12.1. The van der Waals surface area contributed by atoms with Crippen molar-refractivity contribution in [3.63, 3.8) is 0 Å². The smallest absolute Gasteiger partial charge is 0.224 e. The predicted molar refractivity (Wildman–Crippen MR) is 75.4 cm³/mol. The Labute approximate surface area is 114 Å². The van der Waals surface area contributed by atoms with Gasteiger partial charge in [-0.1, -0.05) is 12.1 Å². The number of para-hydroxylation sites is 1. The van der Waals surface area contributed by atoms with E-state index in [9.17, 15) is 0 Å². The van der Waals surface area contributed by atoms with Crippen LogP contribution >= 0.6 is 22.6 Å². The first kappa shape index (κ1) is 12.1. The Bertz CT molecular complexity index is 505. The molecule has 0 saturated heterocycles. The Morgan fingerprint density at radius 2 is 2.12 bits per heavy atom. The standard InChI is InChI=1S/C12H12IN3O/c1-2-14-11-7-12(16-8-15-11)17-10-6-4-3-5-9(10)13/h3-8H,2H2,1H3,(H,14,15,16). The molecule has 0 aliphatic carbocycles. The summed E-state index contributed by atoms with van der Waals surface area (Å²) in [4.78, 5) is 8.17. The SMILES string of the molecule is CCNc1cc(Oc2ccccc2I)ncn1. The first-order chi connectivity index (χ1) is 8.29. The Hall–Kier alpha value is -1.37. The van der Waals surface area contributed by atoms with Crippen LogP contribution in [-0.4, -0.2) is 16.5 Å². The van der Waals surface area contributed by atoms with Crippen LogP contribution in [0.5, 0.6) is 11.6 Å². The third kappa shape index (κ3) is 3.29. The fourth-order valence-electron chi connectivity index (χ4n) is 1.31. The predicted octanol–water partition coefficient (Wildman–Crippen LogP) is 3.31. The number of nitrogens with zero attached hydrogens (tertiary/aromatic N) is 2. The van der Waals surface area contributed by atoms with Gasteiger partial charge in [-0.3, -0.25) is 0 Å². The Balaban J connectivity index is 2.18. The molecule has 1 heterocycles. The van der Waals surface area contributed by atoms with Crippen molar-refractivity contribution < 1.29 is 4.74 Å². The molecule has 2 rings (SSSR count). The first-order valence-corrected chi connectivity index (χ1v) is 6.35. The summed E-state index contributed by atoms with van der Waals surface area (Å²) in [6.45, 7) is 2.84. The average Bonchev–Trinajstić information content (AvgIpc) is 2.33. The highest BCUT2D eigenvalue weighted by Gasteiger charge is 2.03. The second-order valence-electron chi connectivity index (χ2n) is 3.30. The number of anilines is 1. The molecule has 5 heteroatoms. The van der Waals surface area contributed by atoms with Crippen LogP contribution in [0.25, 0.3) is 0 Å². The van der Waals surface area contributed by atoms with E-state index in [0.29, 0.717) is 5.88 Å². The van der Waals surface area contributed by atoms with E-state index in [0.717, 1.165) is 21.7 Å². The minimum absolute atomic E-state index is 0.542. The zero-order valence-corrected chi connectivity index (χ0v) is 11.5. The molecule has 0 amide bonds. The van der Waals surface area contributed by atoms with E-state index in [4.69, 9.17) is 4.74 Å². The highest BCUT2D eigenvalue weighted by Crippen LogP contribution is 2.25. The molecule has 2 aromatic rings. The molecule has 4 nitrogen and oxygen atoms in total. The van der Waals surface area contributed by atoms with Crippen molar-refractivity contribution >= 4 is 28.4 Å². The molecule has 1 aromatic heterocycles. The van der Waals surface area contributed by atoms with E-state index in [-0.39, 0.29) is 0 Å². The molecule has 0 aliphatic heterocycles. The molecule has 1 aromatic carbocycles. The summed E-state index contributed by atoms with van der Waals surface area (Å²) in [6, 6.07) is 9.59. The number of aromatic nitrogens is 2. The van der Waals surface area contributed by atoms with Gasteiger partial charge in [0.1, 0.15) is 17.9 Å². The third-order valence-corrected chi connectivity index (χ3v) is 2.94. The lowest BCUT2D eigenvalue weighted by Gasteiger charge is -2.07. The number of hydrogen-bond acceptors (Lipinski definition) is 4. The van der Waals surface area contributed by atoms with Gasteiger partial charge in [-0.15, -0.1) is 0 Å². The molecular weight excluding hydrogens is 329 g/mol. The molecule has 0 unspecified atom stereocenters. The molecule has 0 spiro atoms. The molecule has 0 bridgehead atoms.